The lowest BCUT2D eigenvalue weighted by atomic mass is 9.64. The molecule has 1 saturated heterocycles. The highest BCUT2D eigenvalue weighted by Crippen LogP contribution is 2.45. The highest BCUT2D eigenvalue weighted by Gasteiger charge is 2.44. The summed E-state index contributed by atoms with van der Waals surface area (Å²) < 4.78 is 5.45. The zero-order valence-electron chi connectivity index (χ0n) is 9.79. The van der Waals surface area contributed by atoms with E-state index in [1.165, 1.54) is 11.1 Å². The summed E-state index contributed by atoms with van der Waals surface area (Å²) in [5.74, 6) is 0. The molecule has 0 bridgehead atoms. The molecule has 1 aromatic carbocycles. The lowest BCUT2D eigenvalue weighted by molar-refractivity contribution is -0.0237. The van der Waals surface area contributed by atoms with Gasteiger partial charge in [0.25, 0.3) is 0 Å². The van der Waals surface area contributed by atoms with Crippen LogP contribution >= 0.6 is 11.6 Å². The number of ether oxygens (including phenoxy) is 1. The predicted octanol–water partition coefficient (Wildman–Crippen LogP) is 2.70. The van der Waals surface area contributed by atoms with Gasteiger partial charge in [0, 0.05) is 23.7 Å². The number of fused-ring (bicyclic) bond motifs is 2. The van der Waals surface area contributed by atoms with E-state index in [0.29, 0.717) is 0 Å². The molecule has 1 atom stereocenters. The number of halogens is 1. The van der Waals surface area contributed by atoms with Crippen LogP contribution < -0.4 is 0 Å². The molecule has 3 rings (SSSR count). The number of aryl methyl sites for hydroxylation is 1. The molecule has 0 saturated carbocycles. The van der Waals surface area contributed by atoms with E-state index in [2.05, 4.69) is 12.1 Å². The molecule has 1 aliphatic heterocycles. The van der Waals surface area contributed by atoms with E-state index in [0.717, 1.165) is 43.9 Å². The quantitative estimate of drug-likeness (QED) is 0.769. The van der Waals surface area contributed by atoms with Crippen LogP contribution in [0.4, 0.5) is 0 Å². The highest BCUT2D eigenvalue weighted by molar-refractivity contribution is 6.30. The molecule has 1 unspecified atom stereocenters. The summed E-state index contributed by atoms with van der Waals surface area (Å²) in [7, 11) is 0. The van der Waals surface area contributed by atoms with Crippen LogP contribution in [-0.4, -0.2) is 24.4 Å². The fraction of sp³-hybridized carbons (Fsp3) is 0.571. The number of aliphatic hydroxyl groups is 1. The Labute approximate surface area is 107 Å². The van der Waals surface area contributed by atoms with Crippen molar-refractivity contribution >= 4 is 11.6 Å². The molecular weight excluding hydrogens is 236 g/mol. The van der Waals surface area contributed by atoms with Gasteiger partial charge in [-0.25, -0.2) is 0 Å². The van der Waals surface area contributed by atoms with Crippen molar-refractivity contribution in [3.05, 3.63) is 34.3 Å². The van der Waals surface area contributed by atoms with Gasteiger partial charge in [0.2, 0.25) is 0 Å². The maximum absolute atomic E-state index is 10.4. The SMILES string of the molecule is OC1CCc2cc(Cl)ccc2C12CCOCC2. The average Bonchev–Trinajstić information content (AvgIpc) is 2.35. The van der Waals surface area contributed by atoms with Crippen molar-refractivity contribution in [1.29, 1.82) is 0 Å². The van der Waals surface area contributed by atoms with E-state index in [9.17, 15) is 5.11 Å². The minimum Gasteiger partial charge on any atom is -0.392 e. The van der Waals surface area contributed by atoms with Crippen LogP contribution in [0.1, 0.15) is 30.4 Å². The van der Waals surface area contributed by atoms with E-state index < -0.39 is 0 Å². The van der Waals surface area contributed by atoms with Gasteiger partial charge in [0.15, 0.2) is 0 Å². The van der Waals surface area contributed by atoms with Crippen molar-refractivity contribution in [2.24, 2.45) is 0 Å². The molecule has 0 amide bonds. The second kappa shape index (κ2) is 4.27. The molecule has 1 heterocycles. The second-order valence-corrected chi connectivity index (χ2v) is 5.56. The first-order valence-electron chi connectivity index (χ1n) is 6.27. The molecule has 1 aromatic rings. The molecule has 0 radical (unpaired) electrons. The fourth-order valence-corrected chi connectivity index (χ4v) is 3.54. The average molecular weight is 253 g/mol. The predicted molar refractivity (Wildman–Crippen MR) is 67.5 cm³/mol. The van der Waals surface area contributed by atoms with Crippen molar-refractivity contribution < 1.29 is 9.84 Å². The zero-order chi connectivity index (χ0) is 11.9. The van der Waals surface area contributed by atoms with Crippen LogP contribution in [0.15, 0.2) is 18.2 Å². The van der Waals surface area contributed by atoms with E-state index in [1.807, 2.05) is 6.07 Å². The van der Waals surface area contributed by atoms with Gasteiger partial charge in [-0.1, -0.05) is 17.7 Å². The summed E-state index contributed by atoms with van der Waals surface area (Å²) in [5, 5.41) is 11.2. The maximum Gasteiger partial charge on any atom is 0.0641 e. The summed E-state index contributed by atoms with van der Waals surface area (Å²) in [6.07, 6.45) is 3.37. The summed E-state index contributed by atoms with van der Waals surface area (Å²) >= 11 is 6.05. The molecule has 1 spiro atoms. The second-order valence-electron chi connectivity index (χ2n) is 5.12. The first-order chi connectivity index (χ1) is 8.22. The Kier molecular flexibility index (Phi) is 2.89. The highest BCUT2D eigenvalue weighted by atomic mass is 35.5. The van der Waals surface area contributed by atoms with Crippen molar-refractivity contribution in [3.63, 3.8) is 0 Å². The molecule has 3 heteroatoms. The zero-order valence-corrected chi connectivity index (χ0v) is 10.5. The number of benzene rings is 1. The van der Waals surface area contributed by atoms with Gasteiger partial charge in [0.1, 0.15) is 0 Å². The van der Waals surface area contributed by atoms with Gasteiger partial charge in [-0.3, -0.25) is 0 Å². The van der Waals surface area contributed by atoms with E-state index in [4.69, 9.17) is 16.3 Å². The Morgan fingerprint density at radius 1 is 1.29 bits per heavy atom. The van der Waals surface area contributed by atoms with Gasteiger partial charge >= 0.3 is 0 Å². The van der Waals surface area contributed by atoms with Crippen LogP contribution in [0.2, 0.25) is 5.02 Å². The molecule has 2 aliphatic rings. The first kappa shape index (κ1) is 11.5. The fourth-order valence-electron chi connectivity index (χ4n) is 3.34. The van der Waals surface area contributed by atoms with Gasteiger partial charge < -0.3 is 9.84 Å². The van der Waals surface area contributed by atoms with Crippen LogP contribution in [0.3, 0.4) is 0 Å². The number of aliphatic hydroxyl groups excluding tert-OH is 1. The summed E-state index contributed by atoms with van der Waals surface area (Å²) in [4.78, 5) is 0. The lowest BCUT2D eigenvalue weighted by Gasteiger charge is -2.45. The Morgan fingerprint density at radius 2 is 2.06 bits per heavy atom. The lowest BCUT2D eigenvalue weighted by Crippen LogP contribution is -2.47. The Balaban J connectivity index is 2.09. The van der Waals surface area contributed by atoms with E-state index >= 15 is 0 Å². The maximum atomic E-state index is 10.4. The number of rotatable bonds is 0. The van der Waals surface area contributed by atoms with Crippen LogP contribution in [0, 0.1) is 0 Å². The third kappa shape index (κ3) is 1.79. The Bertz CT molecular complexity index is 424. The van der Waals surface area contributed by atoms with E-state index in [1.54, 1.807) is 0 Å². The summed E-state index contributed by atoms with van der Waals surface area (Å²) in [6.45, 7) is 1.50. The number of hydrogen-bond acceptors (Lipinski definition) is 2. The van der Waals surface area contributed by atoms with Gasteiger partial charge in [0.05, 0.1) is 6.10 Å². The summed E-state index contributed by atoms with van der Waals surface area (Å²) in [5.41, 5.74) is 2.52. The molecule has 0 aromatic heterocycles. The topological polar surface area (TPSA) is 29.5 Å². The molecular formula is C14H17ClO2. The Hall–Kier alpha value is -0.570. The monoisotopic (exact) mass is 252 g/mol. The number of hydrogen-bond donors (Lipinski definition) is 1. The van der Waals surface area contributed by atoms with Crippen LogP contribution in [-0.2, 0) is 16.6 Å². The van der Waals surface area contributed by atoms with Crippen molar-refractivity contribution in [2.45, 2.75) is 37.2 Å². The molecule has 17 heavy (non-hydrogen) atoms. The minimum atomic E-state index is -0.236. The Morgan fingerprint density at radius 3 is 2.82 bits per heavy atom. The molecule has 1 fully saturated rings. The van der Waals surface area contributed by atoms with Crippen molar-refractivity contribution in [1.82, 2.24) is 0 Å². The van der Waals surface area contributed by atoms with Gasteiger partial charge in [-0.2, -0.15) is 0 Å². The van der Waals surface area contributed by atoms with E-state index in [-0.39, 0.29) is 11.5 Å². The van der Waals surface area contributed by atoms with Crippen LogP contribution in [0.25, 0.3) is 0 Å². The van der Waals surface area contributed by atoms with Crippen molar-refractivity contribution in [2.75, 3.05) is 13.2 Å². The van der Waals surface area contributed by atoms with Crippen LogP contribution in [0.5, 0.6) is 0 Å². The molecule has 1 N–H and O–H groups in total. The third-order valence-electron chi connectivity index (χ3n) is 4.31. The standard InChI is InChI=1S/C14H17ClO2/c15-11-2-3-12-10(9-11)1-4-13(16)14(12)5-7-17-8-6-14/h2-3,9,13,16H,1,4-8H2. The van der Waals surface area contributed by atoms with Gasteiger partial charge in [-0.15, -0.1) is 0 Å². The smallest absolute Gasteiger partial charge is 0.0641 e. The minimum absolute atomic E-state index is 0.0869. The van der Waals surface area contributed by atoms with Gasteiger partial charge in [-0.05, 0) is 48.9 Å². The third-order valence-corrected chi connectivity index (χ3v) is 4.55. The molecule has 1 aliphatic carbocycles. The first-order valence-corrected chi connectivity index (χ1v) is 6.65. The molecule has 92 valence electrons. The summed E-state index contributed by atoms with van der Waals surface area (Å²) in [6, 6.07) is 6.10. The molecule has 2 nitrogen and oxygen atoms in total. The normalized spacial score (nSPS) is 26.8. The van der Waals surface area contributed by atoms with Crippen molar-refractivity contribution in [3.8, 4) is 0 Å². The largest absolute Gasteiger partial charge is 0.392 e.